The molecule has 0 fully saturated rings. The molecule has 160 valence electrons. The molecule has 3 rings (SSSR count). The molecule has 1 aromatic carbocycles. The second kappa shape index (κ2) is 7.51. The highest BCUT2D eigenvalue weighted by atomic mass is 19.4. The van der Waals surface area contributed by atoms with Crippen LogP contribution in [0.25, 0.3) is 0 Å². The highest BCUT2D eigenvalue weighted by Crippen LogP contribution is 2.39. The van der Waals surface area contributed by atoms with E-state index in [1.807, 2.05) is 13.8 Å². The molecular weight excluding hydrogens is 401 g/mol. The second-order valence-corrected chi connectivity index (χ2v) is 7.94. The molecule has 0 spiro atoms. The Labute approximate surface area is 170 Å². The van der Waals surface area contributed by atoms with Gasteiger partial charge in [-0.2, -0.15) is 18.3 Å². The fourth-order valence-corrected chi connectivity index (χ4v) is 3.51. The van der Waals surface area contributed by atoms with Crippen LogP contribution in [-0.2, 0) is 12.6 Å². The number of carbonyl (C=O) groups is 2. The van der Waals surface area contributed by atoms with Crippen molar-refractivity contribution in [3.8, 4) is 0 Å². The fourth-order valence-electron chi connectivity index (χ4n) is 3.51. The van der Waals surface area contributed by atoms with Crippen molar-refractivity contribution >= 4 is 23.3 Å². The van der Waals surface area contributed by atoms with Gasteiger partial charge >= 0.3 is 12.2 Å². The lowest BCUT2D eigenvalue weighted by Crippen LogP contribution is -2.31. The Bertz CT molecular complexity index is 1040. The van der Waals surface area contributed by atoms with Gasteiger partial charge in [0, 0.05) is 23.2 Å². The van der Waals surface area contributed by atoms with Gasteiger partial charge in [-0.05, 0) is 37.0 Å². The number of halogens is 3. The van der Waals surface area contributed by atoms with E-state index in [9.17, 15) is 22.8 Å². The zero-order valence-corrected chi connectivity index (χ0v) is 16.6. The number of anilines is 1. The summed E-state index contributed by atoms with van der Waals surface area (Å²) in [6, 6.07) is 3.52. The number of primary amides is 1. The number of amides is 3. The molecule has 1 heterocycles. The molecule has 0 radical (unpaired) electrons. The second-order valence-electron chi connectivity index (χ2n) is 7.94. The van der Waals surface area contributed by atoms with Crippen molar-refractivity contribution in [2.75, 3.05) is 5.32 Å². The summed E-state index contributed by atoms with van der Waals surface area (Å²) < 4.78 is 44.5. The Morgan fingerprint density at radius 2 is 1.93 bits per heavy atom. The van der Waals surface area contributed by atoms with Crippen LogP contribution >= 0.6 is 0 Å². The third kappa shape index (κ3) is 4.47. The van der Waals surface area contributed by atoms with Gasteiger partial charge in [0.05, 0.1) is 11.3 Å². The summed E-state index contributed by atoms with van der Waals surface area (Å²) in [4.78, 5) is 23.8. The lowest BCUT2D eigenvalue weighted by Gasteiger charge is -2.29. The number of alkyl halides is 3. The first-order valence-corrected chi connectivity index (χ1v) is 9.10. The van der Waals surface area contributed by atoms with Crippen LogP contribution in [0.4, 0.5) is 23.7 Å². The van der Waals surface area contributed by atoms with Crippen LogP contribution in [0.2, 0.25) is 0 Å². The van der Waals surface area contributed by atoms with Crippen molar-refractivity contribution in [3.05, 3.63) is 52.5 Å². The lowest BCUT2D eigenvalue weighted by molar-refractivity contribution is -0.137. The maximum atomic E-state index is 12.9. The van der Waals surface area contributed by atoms with E-state index in [1.165, 1.54) is 12.1 Å². The number of furan rings is 1. The van der Waals surface area contributed by atoms with Crippen molar-refractivity contribution < 1.29 is 27.2 Å². The van der Waals surface area contributed by atoms with Gasteiger partial charge in [0.2, 0.25) is 0 Å². The third-order valence-electron chi connectivity index (χ3n) is 4.75. The number of rotatable bonds is 3. The molecule has 0 aliphatic heterocycles. The van der Waals surface area contributed by atoms with Crippen molar-refractivity contribution in [1.82, 2.24) is 5.43 Å². The van der Waals surface area contributed by atoms with E-state index in [1.54, 1.807) is 6.92 Å². The SMILES string of the molecule is Cc1c(C(=O)Nc2cccc(C(F)(F)F)c2)oc2c1/C(=N\NC(N)=O)CC(C)(C)C2. The Balaban J connectivity index is 1.94. The first kappa shape index (κ1) is 21.4. The molecule has 3 amide bonds. The monoisotopic (exact) mass is 422 g/mol. The van der Waals surface area contributed by atoms with Crippen LogP contribution < -0.4 is 16.5 Å². The molecule has 0 saturated heterocycles. The molecule has 10 heteroatoms. The number of hydrogen-bond donors (Lipinski definition) is 3. The highest BCUT2D eigenvalue weighted by molar-refractivity contribution is 6.09. The van der Waals surface area contributed by atoms with Gasteiger partial charge in [0.25, 0.3) is 5.91 Å². The summed E-state index contributed by atoms with van der Waals surface area (Å²) in [5, 5.41) is 6.50. The van der Waals surface area contributed by atoms with E-state index < -0.39 is 23.7 Å². The van der Waals surface area contributed by atoms with Gasteiger partial charge in [-0.15, -0.1) is 0 Å². The first-order valence-electron chi connectivity index (χ1n) is 9.10. The Hall–Kier alpha value is -3.30. The number of hydrogen-bond acceptors (Lipinski definition) is 4. The van der Waals surface area contributed by atoms with Crippen LogP contribution in [0.5, 0.6) is 0 Å². The molecule has 4 N–H and O–H groups in total. The van der Waals surface area contributed by atoms with Gasteiger partial charge in [-0.1, -0.05) is 19.9 Å². The van der Waals surface area contributed by atoms with Crippen LogP contribution in [0, 0.1) is 12.3 Å². The van der Waals surface area contributed by atoms with Crippen LogP contribution in [0.15, 0.2) is 33.8 Å². The molecular formula is C20H21F3N4O3. The predicted molar refractivity (Wildman–Crippen MR) is 104 cm³/mol. The summed E-state index contributed by atoms with van der Waals surface area (Å²) in [6.45, 7) is 5.62. The molecule has 0 atom stereocenters. The van der Waals surface area contributed by atoms with Crippen molar-refractivity contribution in [2.45, 2.75) is 39.8 Å². The minimum Gasteiger partial charge on any atom is -0.455 e. The fraction of sp³-hybridized carbons (Fsp3) is 0.350. The van der Waals surface area contributed by atoms with Gasteiger partial charge in [0.1, 0.15) is 5.76 Å². The number of hydrazone groups is 1. The summed E-state index contributed by atoms with van der Waals surface area (Å²) >= 11 is 0. The highest BCUT2D eigenvalue weighted by Gasteiger charge is 2.36. The maximum absolute atomic E-state index is 12.9. The van der Waals surface area contributed by atoms with Crippen LogP contribution in [0.3, 0.4) is 0 Å². The molecule has 0 saturated carbocycles. The quantitative estimate of drug-likeness (QED) is 0.645. The van der Waals surface area contributed by atoms with E-state index in [0.717, 1.165) is 12.1 Å². The normalized spacial score (nSPS) is 16.8. The molecule has 1 aliphatic carbocycles. The Morgan fingerprint density at radius 1 is 1.23 bits per heavy atom. The minimum absolute atomic E-state index is 0.00628. The molecule has 0 unspecified atom stereocenters. The van der Waals surface area contributed by atoms with Crippen molar-refractivity contribution in [2.24, 2.45) is 16.3 Å². The molecule has 30 heavy (non-hydrogen) atoms. The number of nitrogens with one attached hydrogen (secondary N) is 2. The van der Waals surface area contributed by atoms with Crippen molar-refractivity contribution in [1.29, 1.82) is 0 Å². The number of nitrogens with zero attached hydrogens (tertiary/aromatic N) is 1. The molecule has 1 aromatic heterocycles. The minimum atomic E-state index is -4.52. The van der Waals surface area contributed by atoms with E-state index in [4.69, 9.17) is 10.2 Å². The van der Waals surface area contributed by atoms with Gasteiger partial charge in [-0.25, -0.2) is 10.2 Å². The smallest absolute Gasteiger partial charge is 0.416 e. The summed E-state index contributed by atoms with van der Waals surface area (Å²) in [5.74, 6) is -0.189. The van der Waals surface area contributed by atoms with Crippen molar-refractivity contribution in [3.63, 3.8) is 0 Å². The van der Waals surface area contributed by atoms with E-state index in [-0.39, 0.29) is 16.9 Å². The lowest BCUT2D eigenvalue weighted by atomic mass is 9.75. The van der Waals surface area contributed by atoms with Gasteiger partial charge < -0.3 is 15.5 Å². The van der Waals surface area contributed by atoms with Crippen LogP contribution in [-0.4, -0.2) is 17.6 Å². The average molecular weight is 422 g/mol. The number of fused-ring (bicyclic) bond motifs is 1. The van der Waals surface area contributed by atoms with E-state index >= 15 is 0 Å². The Kier molecular flexibility index (Phi) is 5.36. The van der Waals surface area contributed by atoms with Gasteiger partial charge in [-0.3, -0.25) is 4.79 Å². The standard InChI is InChI=1S/C20H21F3N4O3/c1-10-15-13(26-27-18(24)29)8-19(2,3)9-14(15)30-16(10)17(28)25-12-6-4-5-11(7-12)20(21,22)23/h4-7H,8-9H2,1-3H3,(H,25,28)(H3,24,27,29)/b26-13-. The number of nitrogens with two attached hydrogens (primary N) is 1. The number of benzene rings is 1. The summed E-state index contributed by atoms with van der Waals surface area (Å²) in [7, 11) is 0. The number of carbonyl (C=O) groups excluding carboxylic acids is 2. The molecule has 2 aromatic rings. The predicted octanol–water partition coefficient (Wildman–Crippen LogP) is 4.20. The molecule has 0 bridgehead atoms. The zero-order valence-electron chi connectivity index (χ0n) is 16.6. The average Bonchev–Trinajstić information content (AvgIpc) is 2.94. The topological polar surface area (TPSA) is 110 Å². The first-order chi connectivity index (χ1) is 13.9. The zero-order chi connectivity index (χ0) is 22.3. The van der Waals surface area contributed by atoms with E-state index in [0.29, 0.717) is 35.4 Å². The number of urea groups is 1. The largest absolute Gasteiger partial charge is 0.455 e. The molecule has 1 aliphatic rings. The maximum Gasteiger partial charge on any atom is 0.416 e. The van der Waals surface area contributed by atoms with E-state index in [2.05, 4.69) is 15.8 Å². The van der Waals surface area contributed by atoms with Gasteiger partial charge in [0.15, 0.2) is 5.76 Å². The Morgan fingerprint density at radius 3 is 2.57 bits per heavy atom. The third-order valence-corrected chi connectivity index (χ3v) is 4.75. The summed E-state index contributed by atoms with van der Waals surface area (Å²) in [5.41, 5.74) is 7.76. The van der Waals surface area contributed by atoms with Crippen LogP contribution in [0.1, 0.15) is 53.3 Å². The summed E-state index contributed by atoms with van der Waals surface area (Å²) in [6.07, 6.45) is -3.49. The molecule has 7 nitrogen and oxygen atoms in total.